The van der Waals surface area contributed by atoms with E-state index in [1.807, 2.05) is 20.8 Å². The number of hydrogen-bond donors (Lipinski definition) is 2. The van der Waals surface area contributed by atoms with E-state index in [-0.39, 0.29) is 6.03 Å². The summed E-state index contributed by atoms with van der Waals surface area (Å²) in [5.74, 6) is 0. The Balaban J connectivity index is 1.43. The number of nitrogens with one attached hydrogen (secondary N) is 2. The van der Waals surface area contributed by atoms with E-state index in [4.69, 9.17) is 13.3 Å². The van der Waals surface area contributed by atoms with Crippen LogP contribution in [0.3, 0.4) is 0 Å². The van der Waals surface area contributed by atoms with Crippen LogP contribution >= 0.6 is 0 Å². The monoisotopic (exact) mass is 442 g/mol. The molecule has 0 aliphatic heterocycles. The highest BCUT2D eigenvalue weighted by Gasteiger charge is 2.39. The van der Waals surface area contributed by atoms with Gasteiger partial charge in [0, 0.05) is 39.0 Å². The van der Waals surface area contributed by atoms with Gasteiger partial charge in [-0.05, 0) is 61.4 Å². The zero-order chi connectivity index (χ0) is 22.1. The quantitative estimate of drug-likeness (QED) is 0.320. The Labute approximate surface area is 186 Å². The van der Waals surface area contributed by atoms with Crippen molar-refractivity contribution in [1.82, 2.24) is 10.6 Å². The molecule has 0 spiro atoms. The van der Waals surface area contributed by atoms with Crippen molar-refractivity contribution in [2.45, 2.75) is 46.2 Å². The van der Waals surface area contributed by atoms with Gasteiger partial charge in [0.1, 0.15) is 0 Å². The van der Waals surface area contributed by atoms with E-state index in [1.54, 1.807) is 0 Å². The number of amides is 2. The van der Waals surface area contributed by atoms with Crippen molar-refractivity contribution < 1.29 is 18.1 Å². The first-order valence-corrected chi connectivity index (χ1v) is 13.2. The highest BCUT2D eigenvalue weighted by atomic mass is 28.4. The number of fused-ring (bicyclic) bond motifs is 3. The Kier molecular flexibility index (Phi) is 8.66. The molecule has 7 heteroatoms. The maximum atomic E-state index is 12.2. The fourth-order valence-corrected chi connectivity index (χ4v) is 6.67. The minimum atomic E-state index is -2.65. The van der Waals surface area contributed by atoms with Crippen LogP contribution in [0.2, 0.25) is 6.04 Å². The largest absolute Gasteiger partial charge is 0.500 e. The smallest absolute Gasteiger partial charge is 0.374 e. The molecule has 0 fully saturated rings. The molecule has 0 atom stereocenters. The van der Waals surface area contributed by atoms with Gasteiger partial charge in [0.25, 0.3) is 0 Å². The first kappa shape index (κ1) is 23.5. The molecule has 0 radical (unpaired) electrons. The van der Waals surface area contributed by atoms with Crippen LogP contribution in [0.15, 0.2) is 42.5 Å². The molecule has 0 saturated carbocycles. The normalized spacial score (nSPS) is 12.4. The third-order valence-electron chi connectivity index (χ3n) is 5.35. The second-order valence-corrected chi connectivity index (χ2v) is 10.3. The first-order chi connectivity index (χ1) is 15.1. The average Bonchev–Trinajstić information content (AvgIpc) is 3.14. The maximum absolute atomic E-state index is 12.2. The van der Waals surface area contributed by atoms with Crippen molar-refractivity contribution in [3.8, 4) is 11.1 Å². The second-order valence-electron chi connectivity index (χ2n) is 7.52. The molecule has 2 aromatic rings. The summed E-state index contributed by atoms with van der Waals surface area (Å²) in [6.45, 7) is 8.58. The van der Waals surface area contributed by atoms with E-state index in [1.165, 1.54) is 22.3 Å². The van der Waals surface area contributed by atoms with Gasteiger partial charge in [-0.25, -0.2) is 4.79 Å². The minimum Gasteiger partial charge on any atom is -0.374 e. The standard InChI is InChI=1S/C24H34N2O4Si/c1-4-28-31(29-5-2,30-6-3)15-9-14-25-24(27)26-18-19-12-13-23-21(16-19)17-20-10-7-8-11-22(20)23/h7-8,10-13,16H,4-6,9,14-15,17-18H2,1-3H3,(H2,25,26,27). The number of rotatable bonds is 12. The molecular formula is C24H34N2O4Si. The number of hydrogen-bond acceptors (Lipinski definition) is 4. The lowest BCUT2D eigenvalue weighted by Gasteiger charge is -2.28. The summed E-state index contributed by atoms with van der Waals surface area (Å²) in [4.78, 5) is 12.2. The summed E-state index contributed by atoms with van der Waals surface area (Å²) in [5.41, 5.74) is 6.42. The van der Waals surface area contributed by atoms with Crippen molar-refractivity contribution in [1.29, 1.82) is 0 Å². The van der Waals surface area contributed by atoms with Gasteiger partial charge in [-0.15, -0.1) is 0 Å². The highest BCUT2D eigenvalue weighted by Crippen LogP contribution is 2.36. The summed E-state index contributed by atoms with van der Waals surface area (Å²) in [7, 11) is -2.65. The average molecular weight is 443 g/mol. The Hall–Kier alpha value is -2.19. The lowest BCUT2D eigenvalue weighted by Crippen LogP contribution is -2.46. The molecule has 0 aromatic heterocycles. The van der Waals surface area contributed by atoms with Crippen molar-refractivity contribution in [3.05, 3.63) is 59.2 Å². The van der Waals surface area contributed by atoms with Crippen molar-refractivity contribution >= 4 is 14.8 Å². The van der Waals surface area contributed by atoms with E-state index in [9.17, 15) is 4.79 Å². The Morgan fingerprint density at radius 1 is 0.903 bits per heavy atom. The molecule has 168 valence electrons. The molecule has 31 heavy (non-hydrogen) atoms. The molecule has 2 aromatic carbocycles. The van der Waals surface area contributed by atoms with Crippen LogP contribution in [0.1, 0.15) is 43.9 Å². The van der Waals surface area contributed by atoms with Gasteiger partial charge in [-0.2, -0.15) is 0 Å². The maximum Gasteiger partial charge on any atom is 0.500 e. The number of urea groups is 1. The zero-order valence-corrected chi connectivity index (χ0v) is 19.8. The van der Waals surface area contributed by atoms with Crippen molar-refractivity contribution in [3.63, 3.8) is 0 Å². The van der Waals surface area contributed by atoms with E-state index < -0.39 is 8.80 Å². The van der Waals surface area contributed by atoms with Gasteiger partial charge in [-0.1, -0.05) is 42.5 Å². The second kappa shape index (κ2) is 11.4. The molecule has 1 aliphatic rings. The third-order valence-corrected chi connectivity index (χ3v) is 8.50. The minimum absolute atomic E-state index is 0.166. The molecule has 0 heterocycles. The number of carbonyl (C=O) groups is 1. The van der Waals surface area contributed by atoms with Gasteiger partial charge >= 0.3 is 14.8 Å². The fourth-order valence-electron chi connectivity index (χ4n) is 4.06. The first-order valence-electron chi connectivity index (χ1n) is 11.2. The van der Waals surface area contributed by atoms with Gasteiger partial charge in [0.05, 0.1) is 0 Å². The molecule has 1 aliphatic carbocycles. The predicted octanol–water partition coefficient (Wildman–Crippen LogP) is 4.50. The fraction of sp³-hybridized carbons (Fsp3) is 0.458. The van der Waals surface area contributed by atoms with Gasteiger partial charge < -0.3 is 23.9 Å². The summed E-state index contributed by atoms with van der Waals surface area (Å²) in [6, 6.07) is 15.5. The molecule has 2 N–H and O–H groups in total. The van der Waals surface area contributed by atoms with E-state index in [2.05, 4.69) is 53.1 Å². The lowest BCUT2D eigenvalue weighted by atomic mass is 10.0. The van der Waals surface area contributed by atoms with Crippen molar-refractivity contribution in [2.75, 3.05) is 26.4 Å². The SMILES string of the molecule is CCO[Si](CCCNC(=O)NCc1ccc2c(c1)Cc1ccccc1-2)(OCC)OCC. The number of benzene rings is 2. The van der Waals surface area contributed by atoms with Crippen LogP contribution in [-0.4, -0.2) is 41.2 Å². The lowest BCUT2D eigenvalue weighted by molar-refractivity contribution is 0.0708. The van der Waals surface area contributed by atoms with Crippen LogP contribution in [0.5, 0.6) is 0 Å². The molecular weight excluding hydrogens is 408 g/mol. The Morgan fingerprint density at radius 3 is 2.29 bits per heavy atom. The topological polar surface area (TPSA) is 68.8 Å². The molecule has 3 rings (SSSR count). The summed E-state index contributed by atoms with van der Waals surface area (Å²) in [6.07, 6.45) is 1.70. The Morgan fingerprint density at radius 2 is 1.58 bits per heavy atom. The van der Waals surface area contributed by atoms with Crippen LogP contribution in [0, 0.1) is 0 Å². The van der Waals surface area contributed by atoms with Crippen LogP contribution in [-0.2, 0) is 26.2 Å². The van der Waals surface area contributed by atoms with Gasteiger partial charge in [0.2, 0.25) is 0 Å². The molecule has 0 saturated heterocycles. The highest BCUT2D eigenvalue weighted by molar-refractivity contribution is 6.60. The van der Waals surface area contributed by atoms with E-state index >= 15 is 0 Å². The zero-order valence-electron chi connectivity index (χ0n) is 18.8. The van der Waals surface area contributed by atoms with Crippen molar-refractivity contribution in [2.24, 2.45) is 0 Å². The van der Waals surface area contributed by atoms with Crippen LogP contribution < -0.4 is 10.6 Å². The molecule has 0 bridgehead atoms. The van der Waals surface area contributed by atoms with E-state index in [0.29, 0.717) is 39.0 Å². The predicted molar refractivity (Wildman–Crippen MR) is 125 cm³/mol. The summed E-state index contributed by atoms with van der Waals surface area (Å²) < 4.78 is 17.5. The summed E-state index contributed by atoms with van der Waals surface area (Å²) >= 11 is 0. The van der Waals surface area contributed by atoms with Gasteiger partial charge in [-0.3, -0.25) is 0 Å². The summed E-state index contributed by atoms with van der Waals surface area (Å²) in [5, 5.41) is 5.88. The Bertz CT molecular complexity index is 857. The molecule has 2 amide bonds. The number of carbonyl (C=O) groups excluding carboxylic acids is 1. The van der Waals surface area contributed by atoms with E-state index in [0.717, 1.165) is 18.4 Å². The van der Waals surface area contributed by atoms with Crippen LogP contribution in [0.4, 0.5) is 4.79 Å². The van der Waals surface area contributed by atoms with Gasteiger partial charge in [0.15, 0.2) is 0 Å². The molecule has 0 unspecified atom stereocenters. The van der Waals surface area contributed by atoms with Crippen LogP contribution in [0.25, 0.3) is 11.1 Å². The molecule has 6 nitrogen and oxygen atoms in total. The third kappa shape index (κ3) is 6.17.